The van der Waals surface area contributed by atoms with Gasteiger partial charge in [-0.1, -0.05) is 13.3 Å². The zero-order valence-corrected chi connectivity index (χ0v) is 7.98. The Hall–Kier alpha value is -0.900. The van der Waals surface area contributed by atoms with Crippen LogP contribution in [0.15, 0.2) is 5.38 Å². The first-order valence-electron chi connectivity index (χ1n) is 3.80. The second-order valence-corrected chi connectivity index (χ2v) is 3.24. The van der Waals surface area contributed by atoms with Gasteiger partial charge in [-0.25, -0.2) is 9.78 Å². The first-order chi connectivity index (χ1) is 5.77. The van der Waals surface area contributed by atoms with Gasteiger partial charge in [0, 0.05) is 5.38 Å². The number of carbonyl (C=O) groups is 1. The third kappa shape index (κ3) is 2.04. The van der Waals surface area contributed by atoms with Crippen molar-refractivity contribution in [2.75, 3.05) is 7.11 Å². The zero-order valence-electron chi connectivity index (χ0n) is 7.16. The molecule has 66 valence electrons. The van der Waals surface area contributed by atoms with E-state index in [1.165, 1.54) is 18.4 Å². The Labute approximate surface area is 75.4 Å². The minimum atomic E-state index is -0.345. The summed E-state index contributed by atoms with van der Waals surface area (Å²) >= 11 is 1.34. The van der Waals surface area contributed by atoms with E-state index in [4.69, 9.17) is 0 Å². The predicted octanol–water partition coefficient (Wildman–Crippen LogP) is 1.88. The summed E-state index contributed by atoms with van der Waals surface area (Å²) in [5, 5.41) is 2.34. The fourth-order valence-electron chi connectivity index (χ4n) is 0.859. The Morgan fingerprint density at radius 1 is 1.75 bits per heavy atom. The molecule has 0 amide bonds. The first-order valence-corrected chi connectivity index (χ1v) is 4.68. The molecule has 4 heteroatoms. The van der Waals surface area contributed by atoms with Gasteiger partial charge in [-0.05, 0) is 6.42 Å². The van der Waals surface area contributed by atoms with Gasteiger partial charge in [0.2, 0.25) is 5.01 Å². The number of thiazole rings is 1. The molecule has 1 aromatic rings. The third-order valence-electron chi connectivity index (χ3n) is 1.42. The van der Waals surface area contributed by atoms with Crippen molar-refractivity contribution in [2.45, 2.75) is 19.8 Å². The number of hydrogen-bond acceptors (Lipinski definition) is 4. The average molecular weight is 185 g/mol. The summed E-state index contributed by atoms with van der Waals surface area (Å²) in [6.07, 6.45) is 1.97. The molecule has 0 atom stereocenters. The van der Waals surface area contributed by atoms with Gasteiger partial charge < -0.3 is 4.74 Å². The maximum atomic E-state index is 11.0. The molecule has 0 N–H and O–H groups in total. The average Bonchev–Trinajstić information content (AvgIpc) is 2.52. The molecule has 0 radical (unpaired) electrons. The van der Waals surface area contributed by atoms with E-state index >= 15 is 0 Å². The van der Waals surface area contributed by atoms with E-state index in [1.54, 1.807) is 0 Å². The summed E-state index contributed by atoms with van der Waals surface area (Å²) < 4.78 is 4.54. The fourth-order valence-corrected chi connectivity index (χ4v) is 1.63. The zero-order chi connectivity index (χ0) is 8.97. The predicted molar refractivity (Wildman–Crippen MR) is 47.4 cm³/mol. The van der Waals surface area contributed by atoms with Crippen LogP contribution in [-0.4, -0.2) is 18.1 Å². The largest absolute Gasteiger partial charge is 0.464 e. The summed E-state index contributed by atoms with van der Waals surface area (Å²) in [7, 11) is 1.36. The van der Waals surface area contributed by atoms with Crippen LogP contribution in [0, 0.1) is 0 Å². The molecule has 0 saturated heterocycles. The molecule has 0 aliphatic heterocycles. The molecule has 0 saturated carbocycles. The van der Waals surface area contributed by atoms with Gasteiger partial charge in [0.25, 0.3) is 0 Å². The summed E-state index contributed by atoms with van der Waals surface area (Å²) in [4.78, 5) is 15.1. The van der Waals surface area contributed by atoms with Crippen molar-refractivity contribution in [3.05, 3.63) is 16.1 Å². The smallest absolute Gasteiger partial charge is 0.367 e. The number of aromatic nitrogens is 1. The lowest BCUT2D eigenvalue weighted by Crippen LogP contribution is -2.00. The third-order valence-corrected chi connectivity index (χ3v) is 2.29. The Balaban J connectivity index is 2.70. The monoisotopic (exact) mass is 185 g/mol. The maximum absolute atomic E-state index is 11.0. The highest BCUT2D eigenvalue weighted by atomic mass is 32.1. The summed E-state index contributed by atoms with van der Waals surface area (Å²) in [6.45, 7) is 2.08. The van der Waals surface area contributed by atoms with E-state index in [2.05, 4.69) is 16.6 Å². The first kappa shape index (κ1) is 9.19. The Morgan fingerprint density at radius 2 is 2.50 bits per heavy atom. The lowest BCUT2D eigenvalue weighted by atomic mass is 10.3. The second kappa shape index (κ2) is 4.21. The van der Waals surface area contributed by atoms with Gasteiger partial charge in [-0.3, -0.25) is 0 Å². The van der Waals surface area contributed by atoms with Crippen LogP contribution >= 0.6 is 11.3 Å². The minimum Gasteiger partial charge on any atom is -0.464 e. The quantitative estimate of drug-likeness (QED) is 0.675. The van der Waals surface area contributed by atoms with E-state index in [9.17, 15) is 4.79 Å². The summed E-state index contributed by atoms with van der Waals surface area (Å²) in [6, 6.07) is 0. The number of esters is 1. The Morgan fingerprint density at radius 3 is 3.08 bits per heavy atom. The number of carbonyl (C=O) groups excluding carboxylic acids is 1. The number of ether oxygens (including phenoxy) is 1. The lowest BCUT2D eigenvalue weighted by molar-refractivity contribution is 0.0600. The van der Waals surface area contributed by atoms with Crippen molar-refractivity contribution in [2.24, 2.45) is 0 Å². The molecule has 0 fully saturated rings. The van der Waals surface area contributed by atoms with Gasteiger partial charge in [-0.2, -0.15) is 0 Å². The summed E-state index contributed by atoms with van der Waals surface area (Å²) in [5.41, 5.74) is 0.975. The van der Waals surface area contributed by atoms with Crippen LogP contribution in [0.25, 0.3) is 0 Å². The Bertz CT molecular complexity index is 270. The molecule has 0 spiro atoms. The van der Waals surface area contributed by atoms with E-state index in [1.807, 2.05) is 5.38 Å². The van der Waals surface area contributed by atoms with Gasteiger partial charge in [0.05, 0.1) is 12.8 Å². The number of hydrogen-bond donors (Lipinski definition) is 0. The molecule has 1 heterocycles. The molecule has 12 heavy (non-hydrogen) atoms. The van der Waals surface area contributed by atoms with Crippen molar-refractivity contribution < 1.29 is 9.53 Å². The molecular formula is C8H11NO2S. The highest BCUT2D eigenvalue weighted by Gasteiger charge is 2.09. The highest BCUT2D eigenvalue weighted by Crippen LogP contribution is 2.11. The van der Waals surface area contributed by atoms with Crippen LogP contribution in [0.1, 0.15) is 28.8 Å². The molecule has 0 unspecified atom stereocenters. The molecule has 1 aromatic heterocycles. The van der Waals surface area contributed by atoms with Gasteiger partial charge >= 0.3 is 5.97 Å². The van der Waals surface area contributed by atoms with Crippen LogP contribution < -0.4 is 0 Å². The van der Waals surface area contributed by atoms with Crippen LogP contribution in [0.3, 0.4) is 0 Å². The van der Waals surface area contributed by atoms with Crippen LogP contribution in [-0.2, 0) is 11.2 Å². The van der Waals surface area contributed by atoms with Crippen molar-refractivity contribution in [1.82, 2.24) is 4.98 Å². The maximum Gasteiger partial charge on any atom is 0.367 e. The number of aryl methyl sites for hydroxylation is 1. The van der Waals surface area contributed by atoms with Gasteiger partial charge in [0.1, 0.15) is 0 Å². The van der Waals surface area contributed by atoms with E-state index < -0.39 is 0 Å². The number of nitrogens with zero attached hydrogens (tertiary/aromatic N) is 1. The molecule has 0 aromatic carbocycles. The number of methoxy groups -OCH3 is 1. The molecule has 0 aliphatic rings. The van der Waals surface area contributed by atoms with E-state index in [-0.39, 0.29) is 5.97 Å². The second-order valence-electron chi connectivity index (χ2n) is 2.39. The molecule has 3 nitrogen and oxygen atoms in total. The van der Waals surface area contributed by atoms with Crippen molar-refractivity contribution >= 4 is 17.3 Å². The molecular weight excluding hydrogens is 174 g/mol. The van der Waals surface area contributed by atoms with Crippen LogP contribution in [0.2, 0.25) is 0 Å². The minimum absolute atomic E-state index is 0.345. The van der Waals surface area contributed by atoms with Gasteiger partial charge in [-0.15, -0.1) is 11.3 Å². The van der Waals surface area contributed by atoms with Crippen LogP contribution in [0.4, 0.5) is 0 Å². The van der Waals surface area contributed by atoms with Crippen LogP contribution in [0.5, 0.6) is 0 Å². The van der Waals surface area contributed by atoms with Crippen molar-refractivity contribution in [3.8, 4) is 0 Å². The summed E-state index contributed by atoms with van der Waals surface area (Å²) in [5.74, 6) is -0.345. The molecule has 0 aliphatic carbocycles. The lowest BCUT2D eigenvalue weighted by Gasteiger charge is -1.91. The van der Waals surface area contributed by atoms with Crippen molar-refractivity contribution in [3.63, 3.8) is 0 Å². The van der Waals surface area contributed by atoms with E-state index in [0.717, 1.165) is 18.5 Å². The fraction of sp³-hybridized carbons (Fsp3) is 0.500. The molecule has 0 bridgehead atoms. The number of rotatable bonds is 3. The molecule has 1 rings (SSSR count). The SMILES string of the molecule is CCCc1csc(C(=O)OC)n1. The standard InChI is InChI=1S/C8H11NO2S/c1-3-4-6-5-12-7(9-6)8(10)11-2/h5H,3-4H2,1-2H3. The Kier molecular flexibility index (Phi) is 3.22. The van der Waals surface area contributed by atoms with E-state index in [0.29, 0.717) is 5.01 Å². The highest BCUT2D eigenvalue weighted by molar-refractivity contribution is 7.11. The van der Waals surface area contributed by atoms with Gasteiger partial charge in [0.15, 0.2) is 0 Å². The topological polar surface area (TPSA) is 39.2 Å². The van der Waals surface area contributed by atoms with Crippen molar-refractivity contribution in [1.29, 1.82) is 0 Å². The normalized spacial score (nSPS) is 9.83.